The lowest BCUT2D eigenvalue weighted by Gasteiger charge is -2.43. The number of hydrogen-bond donors (Lipinski definition) is 0. The summed E-state index contributed by atoms with van der Waals surface area (Å²) < 4.78 is 27.8. The van der Waals surface area contributed by atoms with Crippen LogP contribution in [0.25, 0.3) is 0 Å². The fraction of sp³-hybridized carbons (Fsp3) is 0.562. The second-order valence-corrected chi connectivity index (χ2v) is 6.05. The van der Waals surface area contributed by atoms with Crippen molar-refractivity contribution in [3.8, 4) is 0 Å². The number of benzene rings is 1. The number of carbonyl (C=O) groups excluding carboxylic acids is 1. The fourth-order valence-electron chi connectivity index (χ4n) is 3.29. The Balaban J connectivity index is 2.47. The predicted molar refractivity (Wildman–Crippen MR) is 74.7 cm³/mol. The number of ketones is 1. The van der Waals surface area contributed by atoms with Crippen molar-refractivity contribution in [3.63, 3.8) is 0 Å². The fourth-order valence-corrected chi connectivity index (χ4v) is 3.29. The molecule has 0 bridgehead atoms. The van der Waals surface area contributed by atoms with Gasteiger partial charge in [0.1, 0.15) is 11.6 Å². The van der Waals surface area contributed by atoms with Crippen LogP contribution in [0.4, 0.5) is 8.78 Å². The molecule has 0 N–H and O–H groups in total. The Morgan fingerprint density at radius 1 is 1.30 bits per heavy atom. The van der Waals surface area contributed by atoms with E-state index in [9.17, 15) is 13.6 Å². The molecule has 0 heterocycles. The average molecular weight is 281 g/mol. The van der Waals surface area contributed by atoms with Crippen LogP contribution in [0, 0.1) is 17.6 Å². The van der Waals surface area contributed by atoms with Gasteiger partial charge in [0.25, 0.3) is 0 Å². The minimum atomic E-state index is -0.791. The predicted octanol–water partition coefficient (Wildman–Crippen LogP) is 3.66. The third kappa shape index (κ3) is 2.49. The van der Waals surface area contributed by atoms with E-state index in [0.29, 0.717) is 18.8 Å². The second kappa shape index (κ2) is 5.60. The number of likely N-dealkylation sites (N-methyl/N-ethyl adjacent to an activating group) is 1. The summed E-state index contributed by atoms with van der Waals surface area (Å²) in [7, 11) is 3.63. The maximum Gasteiger partial charge on any atom is 0.188 e. The number of nitrogens with zero attached hydrogens (tertiary/aromatic N) is 1. The quantitative estimate of drug-likeness (QED) is 0.788. The van der Waals surface area contributed by atoms with Gasteiger partial charge in [-0.2, -0.15) is 0 Å². The van der Waals surface area contributed by atoms with Gasteiger partial charge < -0.3 is 0 Å². The van der Waals surface area contributed by atoms with Crippen LogP contribution in [0.5, 0.6) is 0 Å². The third-order valence-electron chi connectivity index (χ3n) is 4.44. The van der Waals surface area contributed by atoms with Crippen LogP contribution in [0.1, 0.15) is 43.0 Å². The van der Waals surface area contributed by atoms with Crippen molar-refractivity contribution >= 4 is 5.78 Å². The lowest BCUT2D eigenvalue weighted by molar-refractivity contribution is 0.0477. The summed E-state index contributed by atoms with van der Waals surface area (Å²) in [5.41, 5.74) is -1.18. The summed E-state index contributed by atoms with van der Waals surface area (Å²) in [4.78, 5) is 14.7. The number of halogens is 2. The topological polar surface area (TPSA) is 20.3 Å². The molecule has 1 saturated carbocycles. The molecule has 0 amide bonds. The minimum Gasteiger partial charge on any atom is -0.297 e. The van der Waals surface area contributed by atoms with E-state index in [2.05, 4.69) is 6.92 Å². The Kier molecular flexibility index (Phi) is 4.23. The highest BCUT2D eigenvalue weighted by Crippen LogP contribution is 2.38. The van der Waals surface area contributed by atoms with Crippen LogP contribution in [0.2, 0.25) is 0 Å². The van der Waals surface area contributed by atoms with Crippen LogP contribution < -0.4 is 0 Å². The van der Waals surface area contributed by atoms with Crippen molar-refractivity contribution in [2.75, 3.05) is 14.1 Å². The smallest absolute Gasteiger partial charge is 0.188 e. The van der Waals surface area contributed by atoms with E-state index in [4.69, 9.17) is 0 Å². The molecule has 0 aromatic heterocycles. The van der Waals surface area contributed by atoms with Crippen molar-refractivity contribution in [1.82, 2.24) is 4.90 Å². The highest BCUT2D eigenvalue weighted by atomic mass is 19.1. The van der Waals surface area contributed by atoms with E-state index in [1.807, 2.05) is 19.0 Å². The molecule has 1 aliphatic rings. The summed E-state index contributed by atoms with van der Waals surface area (Å²) >= 11 is 0. The van der Waals surface area contributed by atoms with Gasteiger partial charge in [-0.1, -0.05) is 25.8 Å². The Bertz CT molecular complexity index is 495. The zero-order chi connectivity index (χ0) is 14.9. The molecule has 0 saturated heterocycles. The van der Waals surface area contributed by atoms with Gasteiger partial charge in [0, 0.05) is 0 Å². The minimum absolute atomic E-state index is 0.380. The van der Waals surface area contributed by atoms with Crippen LogP contribution in [-0.2, 0) is 0 Å². The SMILES string of the molecule is CC1CCCC(C(=O)c2c(F)cccc2F)(N(C)C)C1. The molecule has 2 unspecified atom stereocenters. The first kappa shape index (κ1) is 15.1. The molecule has 1 fully saturated rings. The lowest BCUT2D eigenvalue weighted by Crippen LogP contribution is -2.54. The van der Waals surface area contributed by atoms with E-state index in [-0.39, 0.29) is 0 Å². The van der Waals surface area contributed by atoms with E-state index < -0.39 is 28.5 Å². The highest BCUT2D eigenvalue weighted by Gasteiger charge is 2.45. The summed E-state index contributed by atoms with van der Waals surface area (Å²) in [6.07, 6.45) is 3.26. The van der Waals surface area contributed by atoms with E-state index >= 15 is 0 Å². The number of hydrogen-bond acceptors (Lipinski definition) is 2. The van der Waals surface area contributed by atoms with Crippen molar-refractivity contribution in [2.24, 2.45) is 5.92 Å². The molecule has 2 atom stereocenters. The molecule has 4 heteroatoms. The first-order valence-corrected chi connectivity index (χ1v) is 7.05. The molecule has 1 aromatic carbocycles. The number of carbonyl (C=O) groups is 1. The lowest BCUT2D eigenvalue weighted by atomic mass is 9.71. The maximum atomic E-state index is 13.9. The molecule has 0 radical (unpaired) electrons. The molecular weight excluding hydrogens is 260 g/mol. The number of Topliss-reactive ketones (excluding diaryl/α,β-unsaturated/α-hetero) is 1. The Labute approximate surface area is 118 Å². The van der Waals surface area contributed by atoms with Gasteiger partial charge in [-0.3, -0.25) is 9.69 Å². The van der Waals surface area contributed by atoms with Gasteiger partial charge in [-0.05, 0) is 45.0 Å². The molecule has 0 aliphatic heterocycles. The molecule has 110 valence electrons. The van der Waals surface area contributed by atoms with Crippen LogP contribution >= 0.6 is 0 Å². The standard InChI is InChI=1S/C16H21F2NO/c1-11-6-5-9-16(10-11,19(2)3)15(20)14-12(17)7-4-8-13(14)18/h4,7-8,11H,5-6,9-10H2,1-3H3. The van der Waals surface area contributed by atoms with Gasteiger partial charge in [-0.25, -0.2) is 8.78 Å². The highest BCUT2D eigenvalue weighted by molar-refractivity contribution is 6.03. The monoisotopic (exact) mass is 281 g/mol. The van der Waals surface area contributed by atoms with Gasteiger partial charge in [0.05, 0.1) is 11.1 Å². The molecule has 2 nitrogen and oxygen atoms in total. The number of rotatable bonds is 3. The van der Waals surface area contributed by atoms with Crippen LogP contribution in [-0.4, -0.2) is 30.3 Å². The van der Waals surface area contributed by atoms with Crippen LogP contribution in [0.15, 0.2) is 18.2 Å². The Morgan fingerprint density at radius 3 is 2.40 bits per heavy atom. The normalized spacial score (nSPS) is 26.8. The van der Waals surface area contributed by atoms with Gasteiger partial charge in [-0.15, -0.1) is 0 Å². The first-order valence-electron chi connectivity index (χ1n) is 7.05. The average Bonchev–Trinajstić information content (AvgIpc) is 2.37. The molecule has 0 spiro atoms. The van der Waals surface area contributed by atoms with Gasteiger partial charge in [0.2, 0.25) is 0 Å². The van der Waals surface area contributed by atoms with E-state index in [1.165, 1.54) is 6.07 Å². The van der Waals surface area contributed by atoms with E-state index in [1.54, 1.807) is 0 Å². The van der Waals surface area contributed by atoms with Crippen molar-refractivity contribution < 1.29 is 13.6 Å². The molecule has 20 heavy (non-hydrogen) atoms. The second-order valence-electron chi connectivity index (χ2n) is 6.05. The van der Waals surface area contributed by atoms with Gasteiger partial charge in [0.15, 0.2) is 5.78 Å². The zero-order valence-electron chi connectivity index (χ0n) is 12.2. The molecule has 1 aliphatic carbocycles. The summed E-state index contributed by atoms with van der Waals surface area (Å²) in [6, 6.07) is 3.57. The Morgan fingerprint density at radius 2 is 1.90 bits per heavy atom. The van der Waals surface area contributed by atoms with Crippen molar-refractivity contribution in [3.05, 3.63) is 35.4 Å². The largest absolute Gasteiger partial charge is 0.297 e. The van der Waals surface area contributed by atoms with Crippen molar-refractivity contribution in [2.45, 2.75) is 38.1 Å². The zero-order valence-corrected chi connectivity index (χ0v) is 12.2. The first-order chi connectivity index (χ1) is 9.38. The van der Waals surface area contributed by atoms with Crippen molar-refractivity contribution in [1.29, 1.82) is 0 Å². The molecule has 1 aromatic rings. The Hall–Kier alpha value is -1.29. The summed E-state index contributed by atoms with van der Waals surface area (Å²) in [5.74, 6) is -1.58. The summed E-state index contributed by atoms with van der Waals surface area (Å²) in [6.45, 7) is 2.09. The van der Waals surface area contributed by atoms with Crippen LogP contribution in [0.3, 0.4) is 0 Å². The molecular formula is C16H21F2NO. The van der Waals surface area contributed by atoms with E-state index in [0.717, 1.165) is 25.0 Å². The molecule has 2 rings (SSSR count). The third-order valence-corrected chi connectivity index (χ3v) is 4.44. The summed E-state index contributed by atoms with van der Waals surface area (Å²) in [5, 5.41) is 0. The maximum absolute atomic E-state index is 13.9. The van der Waals surface area contributed by atoms with Gasteiger partial charge >= 0.3 is 0 Å².